The molecule has 8 heteroatoms. The number of aromatic hydroxyl groups is 4. The molecule has 0 unspecified atom stereocenters. The van der Waals surface area contributed by atoms with E-state index in [0.717, 1.165) is 95.9 Å². The number of phenols is 4. The minimum Gasteiger partial charge on any atom is -0.506 e. The molecular weight excluding hydrogens is 722 g/mol. The summed E-state index contributed by atoms with van der Waals surface area (Å²) in [7, 11) is 0. The zero-order chi connectivity index (χ0) is 37.2. The highest BCUT2D eigenvalue weighted by Gasteiger charge is 2.49. The highest BCUT2D eigenvalue weighted by Crippen LogP contribution is 2.59. The van der Waals surface area contributed by atoms with Gasteiger partial charge in [-0.25, -0.2) is 0 Å². The van der Waals surface area contributed by atoms with Crippen LogP contribution in [0.4, 0.5) is 0 Å². The maximum absolute atomic E-state index is 10.4. The summed E-state index contributed by atoms with van der Waals surface area (Å²) in [6, 6.07) is 14.7. The first-order valence-electron chi connectivity index (χ1n) is 17.9. The van der Waals surface area contributed by atoms with Gasteiger partial charge in [-0.1, -0.05) is 60.3 Å². The van der Waals surface area contributed by atoms with Crippen molar-refractivity contribution in [2.24, 2.45) is 17.3 Å². The van der Waals surface area contributed by atoms with E-state index in [1.54, 1.807) is 24.3 Å². The van der Waals surface area contributed by atoms with E-state index in [1.807, 2.05) is 52.0 Å². The smallest absolute Gasteiger partial charge is 0.134 e. The molecule has 272 valence electrons. The number of hydrogen-bond acceptors (Lipinski definition) is 4. The molecule has 6 rings (SSSR count). The van der Waals surface area contributed by atoms with Crippen LogP contribution < -0.4 is 0 Å². The fourth-order valence-electron chi connectivity index (χ4n) is 10.1. The molecule has 2 fully saturated rings. The van der Waals surface area contributed by atoms with Crippen molar-refractivity contribution in [1.82, 2.24) is 0 Å². The molecule has 4 nitrogen and oxygen atoms in total. The normalized spacial score (nSPS) is 18.2. The Bertz CT molecular complexity index is 1730. The molecule has 4 N–H and O–H groups in total. The van der Waals surface area contributed by atoms with E-state index in [-0.39, 0.29) is 39.2 Å². The van der Waals surface area contributed by atoms with Crippen LogP contribution in [0.5, 0.6) is 23.0 Å². The van der Waals surface area contributed by atoms with Crippen LogP contribution in [0.3, 0.4) is 0 Å². The van der Waals surface area contributed by atoms with Crippen molar-refractivity contribution in [1.29, 1.82) is 0 Å². The standard InChI is InChI=1S/C43H48Cl4O4/c1-23-15-37(48)33(44)19-29(23)42(30-20-34(45)38(49)16-24(30)2)11-7-27(8-12-42)41(5,6)28-9-13-43(14-10-28,31-21-35(46)39(50)17-25(31)3)32-22-36(47)40(51)18-26(32)4/h15-22,27-28,48-51H,7-14H2,1-6H3. The van der Waals surface area contributed by atoms with Gasteiger partial charge in [-0.3, -0.25) is 0 Å². The summed E-state index contributed by atoms with van der Waals surface area (Å²) in [5.41, 5.74) is 7.62. The van der Waals surface area contributed by atoms with E-state index in [0.29, 0.717) is 31.9 Å². The van der Waals surface area contributed by atoms with E-state index in [2.05, 4.69) is 13.8 Å². The molecule has 0 saturated heterocycles. The molecule has 2 aliphatic carbocycles. The minimum atomic E-state index is -0.373. The summed E-state index contributed by atoms with van der Waals surface area (Å²) >= 11 is 26.2. The first kappa shape index (κ1) is 38.0. The first-order chi connectivity index (χ1) is 23.9. The fourth-order valence-corrected chi connectivity index (χ4v) is 10.8. The minimum absolute atomic E-state index is 0.0465. The third kappa shape index (κ3) is 6.58. The second-order valence-corrected chi connectivity index (χ2v) is 17.6. The summed E-state index contributed by atoms with van der Waals surface area (Å²) in [5, 5.41) is 43.1. The van der Waals surface area contributed by atoms with Gasteiger partial charge < -0.3 is 20.4 Å². The van der Waals surface area contributed by atoms with Crippen molar-refractivity contribution >= 4 is 46.4 Å². The fraction of sp³-hybridized carbons (Fsp3) is 0.442. The van der Waals surface area contributed by atoms with E-state index < -0.39 is 0 Å². The molecule has 4 aromatic rings. The van der Waals surface area contributed by atoms with Crippen molar-refractivity contribution in [3.05, 3.63) is 113 Å². The molecule has 2 aliphatic rings. The van der Waals surface area contributed by atoms with Gasteiger partial charge >= 0.3 is 0 Å². The zero-order valence-corrected chi connectivity index (χ0v) is 33.3. The van der Waals surface area contributed by atoms with E-state index >= 15 is 0 Å². The van der Waals surface area contributed by atoms with Crippen LogP contribution in [-0.2, 0) is 10.8 Å². The molecule has 4 aromatic carbocycles. The SMILES string of the molecule is Cc1cc(O)c(Cl)cc1C1(c2cc(Cl)c(O)cc2C)CCC(C(C)(C)C2CCC(c3cc(Cl)c(O)cc3C)(c3cc(Cl)c(O)cc3C)CC2)CC1. The Kier molecular flexibility index (Phi) is 10.4. The van der Waals surface area contributed by atoms with Gasteiger partial charge in [0, 0.05) is 10.8 Å². The van der Waals surface area contributed by atoms with Crippen LogP contribution in [0.15, 0.2) is 48.5 Å². The predicted molar refractivity (Wildman–Crippen MR) is 211 cm³/mol. The molecule has 0 spiro atoms. The van der Waals surface area contributed by atoms with Gasteiger partial charge in [-0.2, -0.15) is 0 Å². The lowest BCUT2D eigenvalue weighted by molar-refractivity contribution is 0.0362. The maximum atomic E-state index is 10.4. The lowest BCUT2D eigenvalue weighted by Gasteiger charge is -2.52. The van der Waals surface area contributed by atoms with Gasteiger partial charge in [-0.05, 0) is 189 Å². The number of benzene rings is 4. The number of halogens is 4. The Labute approximate surface area is 322 Å². The van der Waals surface area contributed by atoms with Crippen LogP contribution in [0, 0.1) is 44.9 Å². The highest BCUT2D eigenvalue weighted by atomic mass is 35.5. The topological polar surface area (TPSA) is 80.9 Å². The largest absolute Gasteiger partial charge is 0.506 e. The number of hydrogen-bond donors (Lipinski definition) is 4. The Balaban J connectivity index is 1.32. The molecular formula is C43H48Cl4O4. The second-order valence-electron chi connectivity index (χ2n) is 16.0. The van der Waals surface area contributed by atoms with Gasteiger partial charge in [0.25, 0.3) is 0 Å². The first-order valence-corrected chi connectivity index (χ1v) is 19.4. The van der Waals surface area contributed by atoms with E-state index in [4.69, 9.17) is 46.4 Å². The molecule has 0 amide bonds. The van der Waals surface area contributed by atoms with Crippen LogP contribution in [0.25, 0.3) is 0 Å². The van der Waals surface area contributed by atoms with Crippen LogP contribution >= 0.6 is 46.4 Å². The summed E-state index contributed by atoms with van der Waals surface area (Å²) in [6.07, 6.45) is 7.56. The van der Waals surface area contributed by atoms with Gasteiger partial charge in [0.2, 0.25) is 0 Å². The van der Waals surface area contributed by atoms with Gasteiger partial charge in [0.15, 0.2) is 0 Å². The number of phenolic OH excluding ortho intramolecular Hbond substituents is 4. The van der Waals surface area contributed by atoms with Crippen molar-refractivity contribution in [3.63, 3.8) is 0 Å². The summed E-state index contributed by atoms with van der Waals surface area (Å²) in [5.74, 6) is 1.24. The third-order valence-electron chi connectivity index (χ3n) is 13.0. The molecule has 0 heterocycles. The van der Waals surface area contributed by atoms with Crippen LogP contribution in [-0.4, -0.2) is 20.4 Å². The molecule has 0 aliphatic heterocycles. The van der Waals surface area contributed by atoms with Gasteiger partial charge in [0.1, 0.15) is 23.0 Å². The van der Waals surface area contributed by atoms with Crippen LogP contribution in [0.1, 0.15) is 110 Å². The maximum Gasteiger partial charge on any atom is 0.134 e. The second kappa shape index (κ2) is 13.9. The van der Waals surface area contributed by atoms with Crippen LogP contribution in [0.2, 0.25) is 20.1 Å². The van der Waals surface area contributed by atoms with E-state index in [9.17, 15) is 20.4 Å². The van der Waals surface area contributed by atoms with Crippen molar-refractivity contribution < 1.29 is 20.4 Å². The molecule has 2 saturated carbocycles. The van der Waals surface area contributed by atoms with Crippen molar-refractivity contribution in [2.45, 2.75) is 104 Å². The quantitative estimate of drug-likeness (QED) is 0.157. The molecule has 0 radical (unpaired) electrons. The number of aryl methyl sites for hydroxylation is 4. The predicted octanol–water partition coefficient (Wildman–Crippen LogP) is 13.0. The average Bonchev–Trinajstić information content (AvgIpc) is 3.07. The zero-order valence-electron chi connectivity index (χ0n) is 30.2. The Morgan fingerprint density at radius 3 is 0.882 bits per heavy atom. The third-order valence-corrected chi connectivity index (χ3v) is 14.2. The average molecular weight is 771 g/mol. The molecule has 0 aromatic heterocycles. The molecule has 0 bridgehead atoms. The van der Waals surface area contributed by atoms with Crippen molar-refractivity contribution in [2.75, 3.05) is 0 Å². The molecule has 0 atom stereocenters. The highest BCUT2D eigenvalue weighted by molar-refractivity contribution is 6.33. The Hall–Kier alpha value is -2.76. The summed E-state index contributed by atoms with van der Waals surface area (Å²) < 4.78 is 0. The van der Waals surface area contributed by atoms with E-state index in [1.165, 1.54) is 0 Å². The number of rotatable bonds is 6. The Morgan fingerprint density at radius 1 is 0.451 bits per heavy atom. The van der Waals surface area contributed by atoms with Crippen molar-refractivity contribution in [3.8, 4) is 23.0 Å². The summed E-state index contributed by atoms with van der Waals surface area (Å²) in [6.45, 7) is 13.0. The monoisotopic (exact) mass is 768 g/mol. The van der Waals surface area contributed by atoms with Gasteiger partial charge in [0.05, 0.1) is 20.1 Å². The summed E-state index contributed by atoms with van der Waals surface area (Å²) in [4.78, 5) is 0. The lowest BCUT2D eigenvalue weighted by atomic mass is 9.52. The molecule has 51 heavy (non-hydrogen) atoms. The lowest BCUT2D eigenvalue weighted by Crippen LogP contribution is -2.44. The Morgan fingerprint density at radius 2 is 0.667 bits per heavy atom. The van der Waals surface area contributed by atoms with Gasteiger partial charge in [-0.15, -0.1) is 0 Å².